The molecule has 2 aromatic carbocycles. The van der Waals surface area contributed by atoms with E-state index >= 15 is 0 Å². The quantitative estimate of drug-likeness (QED) is 0.499. The molecule has 0 amide bonds. The number of rotatable bonds is 4. The highest BCUT2D eigenvalue weighted by Gasteiger charge is 2.20. The fourth-order valence-electron chi connectivity index (χ4n) is 3.79. The standard InChI is InChI=1S/C22H21ClN4O/c23-17-3-7-19(8-4-17)28-18-5-1-16(2-6-18)21-14-27-22(26-21)20(13-25-27)15-9-11-24-12-10-15/h1-8,13-15,24-25H,9-12H2. The van der Waals surface area contributed by atoms with E-state index < -0.39 is 0 Å². The number of halogens is 1. The lowest BCUT2D eigenvalue weighted by molar-refractivity contribution is 0.462. The molecular formula is C22H21ClN4O. The van der Waals surface area contributed by atoms with Crippen molar-refractivity contribution in [3.05, 3.63) is 71.5 Å². The number of imidazole rings is 1. The molecule has 2 N–H and O–H groups in total. The van der Waals surface area contributed by atoms with E-state index in [9.17, 15) is 0 Å². The molecule has 5 rings (SSSR count). The Morgan fingerprint density at radius 2 is 1.64 bits per heavy atom. The lowest BCUT2D eigenvalue weighted by Gasteiger charge is -2.21. The van der Waals surface area contributed by atoms with Gasteiger partial charge in [-0.3, -0.25) is 5.10 Å². The maximum absolute atomic E-state index is 5.92. The lowest BCUT2D eigenvalue weighted by Crippen LogP contribution is -2.26. The summed E-state index contributed by atoms with van der Waals surface area (Å²) in [5.41, 5.74) is 4.37. The minimum atomic E-state index is 0.570. The molecular weight excluding hydrogens is 372 g/mol. The molecule has 0 bridgehead atoms. The van der Waals surface area contributed by atoms with Crippen LogP contribution in [0.3, 0.4) is 0 Å². The number of nitrogens with one attached hydrogen (secondary N) is 2. The fraction of sp³-hybridized carbons (Fsp3) is 0.227. The Bertz CT molecular complexity index is 1080. The van der Waals surface area contributed by atoms with Crippen molar-refractivity contribution in [2.75, 3.05) is 13.1 Å². The zero-order valence-electron chi connectivity index (χ0n) is 15.4. The molecule has 142 valence electrons. The zero-order chi connectivity index (χ0) is 18.9. The molecule has 1 aliphatic rings. The summed E-state index contributed by atoms with van der Waals surface area (Å²) >= 11 is 5.92. The van der Waals surface area contributed by atoms with Gasteiger partial charge in [-0.2, -0.15) is 0 Å². The van der Waals surface area contributed by atoms with Crippen LogP contribution in [0.15, 0.2) is 60.9 Å². The molecule has 0 aliphatic carbocycles. The van der Waals surface area contributed by atoms with Crippen LogP contribution in [-0.4, -0.2) is 27.7 Å². The number of ether oxygens (including phenoxy) is 1. The average Bonchev–Trinajstić information content (AvgIpc) is 3.32. The van der Waals surface area contributed by atoms with Crippen LogP contribution in [0.4, 0.5) is 0 Å². The molecule has 0 radical (unpaired) electrons. The summed E-state index contributed by atoms with van der Waals surface area (Å²) in [6, 6.07) is 15.4. The summed E-state index contributed by atoms with van der Waals surface area (Å²) in [5, 5.41) is 7.44. The Morgan fingerprint density at radius 1 is 0.964 bits per heavy atom. The van der Waals surface area contributed by atoms with E-state index in [0.29, 0.717) is 10.9 Å². The van der Waals surface area contributed by atoms with Gasteiger partial charge in [-0.1, -0.05) is 11.6 Å². The third-order valence-electron chi connectivity index (χ3n) is 5.30. The molecule has 6 heteroatoms. The van der Waals surface area contributed by atoms with Crippen LogP contribution in [0.1, 0.15) is 24.3 Å². The summed E-state index contributed by atoms with van der Waals surface area (Å²) in [7, 11) is 0. The second-order valence-electron chi connectivity index (χ2n) is 7.15. The van der Waals surface area contributed by atoms with Crippen LogP contribution >= 0.6 is 11.6 Å². The first-order chi connectivity index (χ1) is 13.8. The molecule has 1 fully saturated rings. The first kappa shape index (κ1) is 17.3. The highest BCUT2D eigenvalue weighted by molar-refractivity contribution is 6.30. The van der Waals surface area contributed by atoms with E-state index in [1.54, 1.807) is 0 Å². The number of piperidine rings is 1. The van der Waals surface area contributed by atoms with Crippen LogP contribution in [0.5, 0.6) is 11.5 Å². The molecule has 1 saturated heterocycles. The van der Waals surface area contributed by atoms with Crippen LogP contribution in [-0.2, 0) is 0 Å². The van der Waals surface area contributed by atoms with Crippen molar-refractivity contribution in [1.82, 2.24) is 19.9 Å². The number of hydrogen-bond acceptors (Lipinski definition) is 3. The number of H-pyrrole nitrogens is 1. The number of aromatic amines is 1. The number of hydrogen-bond donors (Lipinski definition) is 2. The Labute approximate surface area is 168 Å². The Balaban J connectivity index is 1.37. The zero-order valence-corrected chi connectivity index (χ0v) is 16.1. The van der Waals surface area contributed by atoms with E-state index in [-0.39, 0.29) is 0 Å². The van der Waals surface area contributed by atoms with Crippen molar-refractivity contribution in [2.45, 2.75) is 18.8 Å². The predicted molar refractivity (Wildman–Crippen MR) is 111 cm³/mol. The van der Waals surface area contributed by atoms with Crippen molar-refractivity contribution in [2.24, 2.45) is 0 Å². The number of fused-ring (bicyclic) bond motifs is 1. The average molecular weight is 393 g/mol. The smallest absolute Gasteiger partial charge is 0.157 e. The van der Waals surface area contributed by atoms with Gasteiger partial charge >= 0.3 is 0 Å². The largest absolute Gasteiger partial charge is 0.457 e. The van der Waals surface area contributed by atoms with E-state index in [0.717, 1.165) is 54.3 Å². The van der Waals surface area contributed by atoms with Crippen LogP contribution in [0.25, 0.3) is 16.9 Å². The maximum Gasteiger partial charge on any atom is 0.157 e. The number of nitrogens with zero attached hydrogens (tertiary/aromatic N) is 2. The molecule has 0 spiro atoms. The molecule has 0 unspecified atom stereocenters. The highest BCUT2D eigenvalue weighted by atomic mass is 35.5. The van der Waals surface area contributed by atoms with E-state index in [1.807, 2.05) is 53.0 Å². The van der Waals surface area contributed by atoms with Gasteiger partial charge < -0.3 is 10.1 Å². The van der Waals surface area contributed by atoms with Crippen molar-refractivity contribution < 1.29 is 4.74 Å². The maximum atomic E-state index is 5.92. The Hall–Kier alpha value is -2.76. The summed E-state index contributed by atoms with van der Waals surface area (Å²) in [5.74, 6) is 2.12. The molecule has 1 aliphatic heterocycles. The highest BCUT2D eigenvalue weighted by Crippen LogP contribution is 2.31. The molecule has 0 saturated carbocycles. The third kappa shape index (κ3) is 3.39. The van der Waals surface area contributed by atoms with E-state index in [1.165, 1.54) is 5.56 Å². The summed E-state index contributed by atoms with van der Waals surface area (Å²) < 4.78 is 7.89. The summed E-state index contributed by atoms with van der Waals surface area (Å²) in [4.78, 5) is 4.90. The van der Waals surface area contributed by atoms with Gasteiger partial charge in [0, 0.05) is 22.3 Å². The minimum absolute atomic E-state index is 0.570. The monoisotopic (exact) mass is 392 g/mol. The second-order valence-corrected chi connectivity index (χ2v) is 7.59. The van der Waals surface area contributed by atoms with E-state index in [4.69, 9.17) is 21.3 Å². The minimum Gasteiger partial charge on any atom is -0.457 e. The van der Waals surface area contributed by atoms with E-state index in [2.05, 4.69) is 22.8 Å². The van der Waals surface area contributed by atoms with Crippen molar-refractivity contribution >= 4 is 17.2 Å². The normalized spacial score (nSPS) is 15.2. The molecule has 2 aromatic heterocycles. The van der Waals surface area contributed by atoms with Crippen LogP contribution < -0.4 is 10.1 Å². The topological polar surface area (TPSA) is 54.4 Å². The summed E-state index contributed by atoms with van der Waals surface area (Å²) in [6.07, 6.45) is 6.47. The van der Waals surface area contributed by atoms with Gasteiger partial charge in [0.1, 0.15) is 11.5 Å². The fourth-order valence-corrected chi connectivity index (χ4v) is 3.92. The van der Waals surface area contributed by atoms with Gasteiger partial charge in [0.15, 0.2) is 5.65 Å². The number of benzene rings is 2. The first-order valence-electron chi connectivity index (χ1n) is 9.57. The molecule has 0 atom stereocenters. The van der Waals surface area contributed by atoms with Crippen molar-refractivity contribution in [3.63, 3.8) is 0 Å². The third-order valence-corrected chi connectivity index (χ3v) is 5.55. The van der Waals surface area contributed by atoms with Crippen LogP contribution in [0.2, 0.25) is 5.02 Å². The molecule has 5 nitrogen and oxygen atoms in total. The Morgan fingerprint density at radius 3 is 2.36 bits per heavy atom. The Kier molecular flexibility index (Phi) is 4.55. The second kappa shape index (κ2) is 7.34. The lowest BCUT2D eigenvalue weighted by atomic mass is 9.92. The molecule has 3 heterocycles. The van der Waals surface area contributed by atoms with Gasteiger partial charge in [-0.15, -0.1) is 0 Å². The predicted octanol–water partition coefficient (Wildman–Crippen LogP) is 5.24. The van der Waals surface area contributed by atoms with Gasteiger partial charge in [0.05, 0.1) is 11.9 Å². The van der Waals surface area contributed by atoms with Crippen LogP contribution in [0, 0.1) is 0 Å². The van der Waals surface area contributed by atoms with Gasteiger partial charge in [0.2, 0.25) is 0 Å². The number of aromatic nitrogens is 3. The SMILES string of the molecule is Clc1ccc(Oc2ccc(-c3cn4[nH]cc(C5CCNCC5)c4n3)cc2)cc1. The van der Waals surface area contributed by atoms with Crippen molar-refractivity contribution in [1.29, 1.82) is 0 Å². The van der Waals surface area contributed by atoms with Crippen molar-refractivity contribution in [3.8, 4) is 22.8 Å². The van der Waals surface area contributed by atoms with Gasteiger partial charge in [-0.05, 0) is 80.4 Å². The van der Waals surface area contributed by atoms with Gasteiger partial charge in [0.25, 0.3) is 0 Å². The molecule has 28 heavy (non-hydrogen) atoms. The summed E-state index contributed by atoms with van der Waals surface area (Å²) in [6.45, 7) is 2.15. The molecule has 4 aromatic rings. The van der Waals surface area contributed by atoms with Gasteiger partial charge in [-0.25, -0.2) is 9.50 Å². The first-order valence-corrected chi connectivity index (χ1v) is 9.95.